The first kappa shape index (κ1) is 11.1. The van der Waals surface area contributed by atoms with Crippen LogP contribution in [0.1, 0.15) is 20.3 Å². The summed E-state index contributed by atoms with van der Waals surface area (Å²) in [6, 6.07) is 0. The van der Waals surface area contributed by atoms with Crippen LogP contribution in [0.4, 0.5) is 0 Å². The van der Waals surface area contributed by atoms with Crippen LogP contribution in [0.25, 0.3) is 0 Å². The molecule has 1 rings (SSSR count). The third kappa shape index (κ3) is 3.83. The second-order valence-corrected chi connectivity index (χ2v) is 4.13. The van der Waals surface area contributed by atoms with Gasteiger partial charge in [-0.25, -0.2) is 4.98 Å². The number of hydrogen-bond donors (Lipinski definition) is 0. The number of ether oxygens (including phenoxy) is 1. The van der Waals surface area contributed by atoms with Crippen LogP contribution in [0.5, 0.6) is 0 Å². The van der Waals surface area contributed by atoms with E-state index in [1.807, 2.05) is 6.92 Å². The van der Waals surface area contributed by atoms with E-state index in [1.165, 1.54) is 18.0 Å². The summed E-state index contributed by atoms with van der Waals surface area (Å²) in [4.78, 5) is 15.0. The van der Waals surface area contributed by atoms with Crippen molar-refractivity contribution in [3.05, 3.63) is 12.5 Å². The largest absolute Gasteiger partial charge is 0.466 e. The second kappa shape index (κ2) is 5.70. The molecule has 0 aromatic carbocycles. The van der Waals surface area contributed by atoms with Crippen LogP contribution < -0.4 is 0 Å². The molecule has 4 nitrogen and oxygen atoms in total. The quantitative estimate of drug-likeness (QED) is 0.556. The van der Waals surface area contributed by atoms with Crippen LogP contribution in [0.15, 0.2) is 22.1 Å². The number of carbonyl (C=O) groups excluding carboxylic acids is 1. The zero-order valence-electron chi connectivity index (χ0n) is 8.23. The van der Waals surface area contributed by atoms with Gasteiger partial charge in [0.2, 0.25) is 0 Å². The Balaban J connectivity index is 2.29. The summed E-state index contributed by atoms with van der Waals surface area (Å²) < 4.78 is 9.87. The Bertz CT molecular complexity index is 274. The molecule has 1 heterocycles. The Hall–Kier alpha value is -0.970. The fourth-order valence-electron chi connectivity index (χ4n) is 0.937. The molecule has 14 heavy (non-hydrogen) atoms. The minimum absolute atomic E-state index is 0.118. The van der Waals surface area contributed by atoms with Crippen molar-refractivity contribution in [3.63, 3.8) is 0 Å². The summed E-state index contributed by atoms with van der Waals surface area (Å²) in [6.45, 7) is 4.16. The SMILES string of the molecule is CCOC(=O)CC(C)Sc1ncco1. The fraction of sp³-hybridized carbons (Fsp3) is 0.556. The van der Waals surface area contributed by atoms with Gasteiger partial charge in [0, 0.05) is 5.25 Å². The van der Waals surface area contributed by atoms with Gasteiger partial charge < -0.3 is 9.15 Å². The van der Waals surface area contributed by atoms with Gasteiger partial charge >= 0.3 is 5.97 Å². The lowest BCUT2D eigenvalue weighted by Gasteiger charge is -2.06. The molecule has 0 aliphatic heterocycles. The van der Waals surface area contributed by atoms with Crippen molar-refractivity contribution in [2.45, 2.75) is 30.7 Å². The lowest BCUT2D eigenvalue weighted by Crippen LogP contribution is -2.10. The van der Waals surface area contributed by atoms with Crippen LogP contribution in [0.2, 0.25) is 0 Å². The highest BCUT2D eigenvalue weighted by molar-refractivity contribution is 7.99. The Labute approximate surface area is 87.0 Å². The van der Waals surface area contributed by atoms with Gasteiger partial charge in [-0.05, 0) is 6.92 Å². The minimum Gasteiger partial charge on any atom is -0.466 e. The summed E-state index contributed by atoms with van der Waals surface area (Å²) >= 11 is 1.43. The van der Waals surface area contributed by atoms with Crippen molar-refractivity contribution in [1.29, 1.82) is 0 Å². The third-order valence-corrected chi connectivity index (χ3v) is 2.44. The smallest absolute Gasteiger partial charge is 0.306 e. The average Bonchev–Trinajstić information content (AvgIpc) is 2.56. The minimum atomic E-state index is -0.181. The van der Waals surface area contributed by atoms with E-state index in [0.717, 1.165) is 0 Å². The molecule has 0 aliphatic rings. The second-order valence-electron chi connectivity index (χ2n) is 2.74. The van der Waals surface area contributed by atoms with E-state index in [9.17, 15) is 4.79 Å². The predicted octanol–water partition coefficient (Wildman–Crippen LogP) is 2.11. The molecule has 0 amide bonds. The van der Waals surface area contributed by atoms with Gasteiger partial charge in [-0.15, -0.1) is 0 Å². The molecule has 5 heteroatoms. The average molecular weight is 215 g/mol. The van der Waals surface area contributed by atoms with E-state index in [4.69, 9.17) is 9.15 Å². The van der Waals surface area contributed by atoms with Crippen LogP contribution in [0, 0.1) is 0 Å². The van der Waals surface area contributed by atoms with E-state index in [-0.39, 0.29) is 11.2 Å². The van der Waals surface area contributed by atoms with E-state index in [2.05, 4.69) is 4.98 Å². The summed E-state index contributed by atoms with van der Waals surface area (Å²) in [5, 5.41) is 0.703. The number of thioether (sulfide) groups is 1. The van der Waals surface area contributed by atoms with Crippen molar-refractivity contribution < 1.29 is 13.9 Å². The van der Waals surface area contributed by atoms with Crippen LogP contribution in [0.3, 0.4) is 0 Å². The first-order valence-electron chi connectivity index (χ1n) is 4.44. The molecule has 1 atom stereocenters. The van der Waals surface area contributed by atoms with Crippen molar-refractivity contribution in [3.8, 4) is 0 Å². The van der Waals surface area contributed by atoms with E-state index < -0.39 is 0 Å². The molecule has 1 unspecified atom stereocenters. The zero-order valence-corrected chi connectivity index (χ0v) is 9.04. The Morgan fingerprint density at radius 3 is 3.14 bits per heavy atom. The van der Waals surface area contributed by atoms with Gasteiger partial charge in [-0.1, -0.05) is 18.7 Å². The maximum absolute atomic E-state index is 11.1. The maximum atomic E-state index is 11.1. The highest BCUT2D eigenvalue weighted by Gasteiger charge is 2.13. The van der Waals surface area contributed by atoms with E-state index >= 15 is 0 Å². The first-order chi connectivity index (χ1) is 6.72. The van der Waals surface area contributed by atoms with Gasteiger partial charge in [-0.3, -0.25) is 4.79 Å². The highest BCUT2D eigenvalue weighted by Crippen LogP contribution is 2.23. The first-order valence-corrected chi connectivity index (χ1v) is 5.32. The summed E-state index contributed by atoms with van der Waals surface area (Å²) in [5.41, 5.74) is 0. The predicted molar refractivity (Wildman–Crippen MR) is 53.1 cm³/mol. The standard InChI is InChI=1S/C9H13NO3S/c1-3-12-8(11)6-7(2)14-9-10-4-5-13-9/h4-5,7H,3,6H2,1-2H3. The summed E-state index contributed by atoms with van der Waals surface area (Å²) in [5.74, 6) is -0.181. The lowest BCUT2D eigenvalue weighted by atomic mass is 10.3. The Kier molecular flexibility index (Phi) is 4.52. The molecule has 1 aromatic heterocycles. The molecule has 0 saturated carbocycles. The molecule has 0 saturated heterocycles. The van der Waals surface area contributed by atoms with Crippen molar-refractivity contribution in [2.75, 3.05) is 6.61 Å². The molecule has 0 N–H and O–H groups in total. The fourth-order valence-corrected chi connectivity index (χ4v) is 1.73. The molecule has 0 radical (unpaired) electrons. The number of carbonyl (C=O) groups is 1. The van der Waals surface area contributed by atoms with Gasteiger partial charge in [0.25, 0.3) is 5.22 Å². The van der Waals surface area contributed by atoms with Gasteiger partial charge in [0.05, 0.1) is 19.2 Å². The van der Waals surface area contributed by atoms with Gasteiger partial charge in [-0.2, -0.15) is 0 Å². The Morgan fingerprint density at radius 2 is 2.57 bits per heavy atom. The van der Waals surface area contributed by atoms with E-state index in [1.54, 1.807) is 13.1 Å². The van der Waals surface area contributed by atoms with Crippen LogP contribution in [-0.4, -0.2) is 22.8 Å². The molecule has 78 valence electrons. The molecule has 1 aromatic rings. The lowest BCUT2D eigenvalue weighted by molar-refractivity contribution is -0.142. The number of esters is 1. The maximum Gasteiger partial charge on any atom is 0.306 e. The van der Waals surface area contributed by atoms with Crippen molar-refractivity contribution >= 4 is 17.7 Å². The normalized spacial score (nSPS) is 12.4. The molecule has 0 bridgehead atoms. The topological polar surface area (TPSA) is 52.3 Å². The van der Waals surface area contributed by atoms with Crippen molar-refractivity contribution in [2.24, 2.45) is 0 Å². The summed E-state index contributed by atoms with van der Waals surface area (Å²) in [7, 11) is 0. The van der Waals surface area contributed by atoms with Gasteiger partial charge in [0.1, 0.15) is 6.26 Å². The molecular weight excluding hydrogens is 202 g/mol. The molecular formula is C9H13NO3S. The zero-order chi connectivity index (χ0) is 10.4. The number of hydrogen-bond acceptors (Lipinski definition) is 5. The van der Waals surface area contributed by atoms with Gasteiger partial charge in [0.15, 0.2) is 0 Å². The number of oxazole rings is 1. The highest BCUT2D eigenvalue weighted by atomic mass is 32.2. The molecule has 0 aliphatic carbocycles. The number of rotatable bonds is 5. The molecule has 0 fully saturated rings. The summed E-state index contributed by atoms with van der Waals surface area (Å²) in [6.07, 6.45) is 3.47. The van der Waals surface area contributed by atoms with Crippen molar-refractivity contribution in [1.82, 2.24) is 4.98 Å². The third-order valence-electron chi connectivity index (χ3n) is 1.47. The van der Waals surface area contributed by atoms with Crippen LogP contribution >= 0.6 is 11.8 Å². The molecule has 0 spiro atoms. The monoisotopic (exact) mass is 215 g/mol. The van der Waals surface area contributed by atoms with E-state index in [0.29, 0.717) is 18.3 Å². The number of nitrogens with zero attached hydrogens (tertiary/aromatic N) is 1. The van der Waals surface area contributed by atoms with Crippen LogP contribution in [-0.2, 0) is 9.53 Å². The Morgan fingerprint density at radius 1 is 1.79 bits per heavy atom. The number of aromatic nitrogens is 1.